The minimum Gasteiger partial charge on any atom is -0.494 e. The normalized spacial score (nSPS) is 20.0. The lowest BCUT2D eigenvalue weighted by Gasteiger charge is -2.20. The van der Waals surface area contributed by atoms with Crippen LogP contribution in [0.3, 0.4) is 0 Å². The van der Waals surface area contributed by atoms with Crippen molar-refractivity contribution < 1.29 is 13.9 Å². The molecule has 0 aliphatic carbocycles. The van der Waals surface area contributed by atoms with Crippen LogP contribution in [-0.4, -0.2) is 59.5 Å². The van der Waals surface area contributed by atoms with Crippen LogP contribution in [0.2, 0.25) is 0 Å². The van der Waals surface area contributed by atoms with Crippen molar-refractivity contribution in [2.24, 2.45) is 0 Å². The molecule has 2 fully saturated rings. The first-order valence-corrected chi connectivity index (χ1v) is 10.4. The highest BCUT2D eigenvalue weighted by molar-refractivity contribution is 5.92. The Kier molecular flexibility index (Phi) is 5.95. The number of amides is 1. The van der Waals surface area contributed by atoms with Crippen LogP contribution in [0.15, 0.2) is 34.9 Å². The van der Waals surface area contributed by atoms with E-state index in [2.05, 4.69) is 16.8 Å². The van der Waals surface area contributed by atoms with Crippen LogP contribution >= 0.6 is 0 Å². The maximum Gasteiger partial charge on any atom is 0.275 e. The predicted octanol–water partition coefficient (Wildman–Crippen LogP) is 3.83. The first-order valence-electron chi connectivity index (χ1n) is 10.4. The van der Waals surface area contributed by atoms with E-state index in [1.54, 1.807) is 0 Å². The Bertz CT molecular complexity index is 781. The fraction of sp³-hybridized carbons (Fsp3) is 0.545. The topological polar surface area (TPSA) is 58.8 Å². The molecule has 2 saturated heterocycles. The van der Waals surface area contributed by atoms with E-state index in [4.69, 9.17) is 9.15 Å². The Hall–Kier alpha value is -2.34. The standard InChI is InChI=1S/C22H29N3O3/c1-17-6-4-13-24(17)14-5-15-27-19-9-7-18(8-10-19)21-23-20(16-28-21)22(26)25-11-2-3-12-25/h7-10,16-17H,2-6,11-15H2,1H3. The molecule has 6 nitrogen and oxygen atoms in total. The van der Waals surface area contributed by atoms with Gasteiger partial charge in [0.25, 0.3) is 5.91 Å². The smallest absolute Gasteiger partial charge is 0.275 e. The Morgan fingerprint density at radius 1 is 1.18 bits per heavy atom. The van der Waals surface area contributed by atoms with Gasteiger partial charge in [-0.25, -0.2) is 4.98 Å². The zero-order valence-electron chi connectivity index (χ0n) is 16.6. The number of nitrogens with zero attached hydrogens (tertiary/aromatic N) is 3. The molecule has 3 heterocycles. The molecule has 6 heteroatoms. The van der Waals surface area contributed by atoms with Gasteiger partial charge in [-0.1, -0.05) is 0 Å². The van der Waals surface area contributed by atoms with Crippen molar-refractivity contribution in [3.05, 3.63) is 36.2 Å². The van der Waals surface area contributed by atoms with Crippen LogP contribution in [0.5, 0.6) is 5.75 Å². The summed E-state index contributed by atoms with van der Waals surface area (Å²) in [7, 11) is 0. The van der Waals surface area contributed by atoms with Gasteiger partial charge in [0.15, 0.2) is 5.69 Å². The van der Waals surface area contributed by atoms with E-state index >= 15 is 0 Å². The summed E-state index contributed by atoms with van der Waals surface area (Å²) in [6.45, 7) is 6.96. The van der Waals surface area contributed by atoms with Gasteiger partial charge < -0.3 is 19.0 Å². The number of carbonyl (C=O) groups is 1. The zero-order chi connectivity index (χ0) is 19.3. The Morgan fingerprint density at radius 3 is 2.68 bits per heavy atom. The minimum atomic E-state index is -0.0419. The molecule has 1 aromatic carbocycles. The van der Waals surface area contributed by atoms with Crippen LogP contribution in [0.4, 0.5) is 0 Å². The van der Waals surface area contributed by atoms with Crippen molar-refractivity contribution in [3.63, 3.8) is 0 Å². The summed E-state index contributed by atoms with van der Waals surface area (Å²) in [5.41, 5.74) is 1.23. The summed E-state index contributed by atoms with van der Waals surface area (Å²) >= 11 is 0. The Balaban J connectivity index is 1.28. The van der Waals surface area contributed by atoms with Crippen LogP contribution in [0, 0.1) is 0 Å². The number of hydrogen-bond acceptors (Lipinski definition) is 5. The SMILES string of the molecule is CC1CCCN1CCCOc1ccc(-c2nc(C(=O)N3CCCC3)co2)cc1. The molecule has 1 aromatic heterocycles. The summed E-state index contributed by atoms with van der Waals surface area (Å²) in [5.74, 6) is 1.27. The lowest BCUT2D eigenvalue weighted by atomic mass is 10.2. The molecule has 1 unspecified atom stereocenters. The van der Waals surface area contributed by atoms with Gasteiger partial charge in [0, 0.05) is 31.2 Å². The molecular formula is C22H29N3O3. The average Bonchev–Trinajstić information content (AvgIpc) is 3.47. The fourth-order valence-electron chi connectivity index (χ4n) is 4.06. The molecule has 0 bridgehead atoms. The largest absolute Gasteiger partial charge is 0.494 e. The van der Waals surface area contributed by atoms with Crippen LogP contribution in [-0.2, 0) is 0 Å². The molecule has 4 rings (SSSR count). The molecule has 0 saturated carbocycles. The van der Waals surface area contributed by atoms with E-state index in [1.807, 2.05) is 29.2 Å². The average molecular weight is 383 g/mol. The number of hydrogen-bond donors (Lipinski definition) is 0. The first kappa shape index (κ1) is 19.0. The van der Waals surface area contributed by atoms with Gasteiger partial charge in [0.05, 0.1) is 6.61 Å². The fourth-order valence-corrected chi connectivity index (χ4v) is 4.06. The molecule has 1 atom stereocenters. The zero-order valence-corrected chi connectivity index (χ0v) is 16.6. The highest BCUT2D eigenvalue weighted by atomic mass is 16.5. The highest BCUT2D eigenvalue weighted by Gasteiger charge is 2.23. The van der Waals surface area contributed by atoms with Crippen molar-refractivity contribution in [2.45, 2.75) is 45.1 Å². The van der Waals surface area contributed by atoms with E-state index in [0.717, 1.165) is 56.8 Å². The molecule has 2 aliphatic rings. The third-order valence-electron chi connectivity index (χ3n) is 5.77. The minimum absolute atomic E-state index is 0.0419. The van der Waals surface area contributed by atoms with Crippen molar-refractivity contribution in [1.82, 2.24) is 14.8 Å². The second-order valence-electron chi connectivity index (χ2n) is 7.79. The quantitative estimate of drug-likeness (QED) is 0.680. The number of oxazole rings is 1. The van der Waals surface area contributed by atoms with E-state index in [-0.39, 0.29) is 5.91 Å². The van der Waals surface area contributed by atoms with Gasteiger partial charge in [0.2, 0.25) is 5.89 Å². The molecule has 1 amide bonds. The number of aromatic nitrogens is 1. The number of rotatable bonds is 7. The van der Waals surface area contributed by atoms with Gasteiger partial charge in [0.1, 0.15) is 12.0 Å². The third-order valence-corrected chi connectivity index (χ3v) is 5.77. The van der Waals surface area contributed by atoms with Gasteiger partial charge in [-0.15, -0.1) is 0 Å². The van der Waals surface area contributed by atoms with E-state index in [0.29, 0.717) is 17.6 Å². The maximum absolute atomic E-state index is 12.4. The van der Waals surface area contributed by atoms with Crippen LogP contribution in [0.1, 0.15) is 49.5 Å². The Labute approximate surface area is 166 Å². The van der Waals surface area contributed by atoms with Gasteiger partial charge in [-0.05, 0) is 69.8 Å². The molecule has 0 radical (unpaired) electrons. The van der Waals surface area contributed by atoms with E-state index < -0.39 is 0 Å². The molecule has 28 heavy (non-hydrogen) atoms. The van der Waals surface area contributed by atoms with Crippen LogP contribution in [0.25, 0.3) is 11.5 Å². The maximum atomic E-state index is 12.4. The monoisotopic (exact) mass is 383 g/mol. The summed E-state index contributed by atoms with van der Waals surface area (Å²) < 4.78 is 11.4. The van der Waals surface area contributed by atoms with Crippen molar-refractivity contribution >= 4 is 5.91 Å². The molecule has 0 spiro atoms. The number of benzene rings is 1. The second kappa shape index (κ2) is 8.78. The van der Waals surface area contributed by atoms with Gasteiger partial charge >= 0.3 is 0 Å². The number of carbonyl (C=O) groups excluding carboxylic acids is 1. The predicted molar refractivity (Wildman–Crippen MR) is 107 cm³/mol. The van der Waals surface area contributed by atoms with Crippen molar-refractivity contribution in [3.8, 4) is 17.2 Å². The first-order chi connectivity index (χ1) is 13.7. The second-order valence-corrected chi connectivity index (χ2v) is 7.79. The summed E-state index contributed by atoms with van der Waals surface area (Å²) in [6.07, 6.45) is 7.25. The molecule has 2 aromatic rings. The molecule has 0 N–H and O–H groups in total. The lowest BCUT2D eigenvalue weighted by Crippen LogP contribution is -2.28. The Morgan fingerprint density at radius 2 is 1.96 bits per heavy atom. The van der Waals surface area contributed by atoms with Gasteiger partial charge in [-0.2, -0.15) is 0 Å². The summed E-state index contributed by atoms with van der Waals surface area (Å²) in [4.78, 5) is 21.1. The van der Waals surface area contributed by atoms with Crippen molar-refractivity contribution in [1.29, 1.82) is 0 Å². The van der Waals surface area contributed by atoms with Gasteiger partial charge in [-0.3, -0.25) is 4.79 Å². The summed E-state index contributed by atoms with van der Waals surface area (Å²) in [5, 5.41) is 0. The van der Waals surface area contributed by atoms with Crippen molar-refractivity contribution in [2.75, 3.05) is 32.8 Å². The molecule has 150 valence electrons. The number of ether oxygens (including phenoxy) is 1. The highest BCUT2D eigenvalue weighted by Crippen LogP contribution is 2.23. The van der Waals surface area contributed by atoms with E-state index in [1.165, 1.54) is 25.6 Å². The van der Waals surface area contributed by atoms with E-state index in [9.17, 15) is 4.79 Å². The van der Waals surface area contributed by atoms with Crippen LogP contribution < -0.4 is 4.74 Å². The third kappa shape index (κ3) is 4.38. The number of likely N-dealkylation sites (tertiary alicyclic amines) is 2. The lowest BCUT2D eigenvalue weighted by molar-refractivity contribution is 0.0787. The molecule has 2 aliphatic heterocycles. The summed E-state index contributed by atoms with van der Waals surface area (Å²) in [6, 6.07) is 8.42. The molecular weight excluding hydrogens is 354 g/mol.